The lowest BCUT2D eigenvalue weighted by Gasteiger charge is -2.23. The van der Waals surface area contributed by atoms with Crippen LogP contribution in [0.1, 0.15) is 29.9 Å². The van der Waals surface area contributed by atoms with Crippen LogP contribution in [-0.2, 0) is 10.3 Å². The van der Waals surface area contributed by atoms with Gasteiger partial charge in [0.2, 0.25) is 5.91 Å². The third kappa shape index (κ3) is 4.60. The van der Waals surface area contributed by atoms with E-state index in [2.05, 4.69) is 16.0 Å². The van der Waals surface area contributed by atoms with Crippen LogP contribution in [0.5, 0.6) is 5.75 Å². The lowest BCUT2D eigenvalue weighted by atomic mass is 9.92. The van der Waals surface area contributed by atoms with Crippen LogP contribution in [0.25, 0.3) is 11.1 Å². The van der Waals surface area contributed by atoms with Gasteiger partial charge in [0.1, 0.15) is 23.4 Å². The minimum absolute atomic E-state index is 0.00320. The number of halogens is 3. The zero-order valence-corrected chi connectivity index (χ0v) is 20.2. The van der Waals surface area contributed by atoms with Gasteiger partial charge in [-0.05, 0) is 47.7 Å². The minimum atomic E-state index is -1.13. The Hall–Kier alpha value is -3.65. The summed E-state index contributed by atoms with van der Waals surface area (Å²) < 4.78 is 34.3. The van der Waals surface area contributed by atoms with Gasteiger partial charge in [-0.2, -0.15) is 0 Å². The quantitative estimate of drug-likeness (QED) is 0.442. The van der Waals surface area contributed by atoms with E-state index < -0.39 is 41.1 Å². The number of urea groups is 1. The molecule has 0 radical (unpaired) electrons. The Morgan fingerprint density at radius 1 is 1.06 bits per heavy atom. The molecule has 5 rings (SSSR count). The maximum Gasteiger partial charge on any atom is 0.316 e. The molecule has 186 valence electrons. The van der Waals surface area contributed by atoms with Gasteiger partial charge >= 0.3 is 6.03 Å². The number of hydrogen-bond donors (Lipinski definition) is 3. The number of carbonyl (C=O) groups excluding carboxylic acids is 2. The molecule has 2 fully saturated rings. The number of rotatable bonds is 6. The molecule has 1 saturated carbocycles. The molecule has 3 aromatic carbocycles. The second-order valence-corrected chi connectivity index (χ2v) is 9.54. The number of hydrogen-bond acceptors (Lipinski definition) is 3. The topological polar surface area (TPSA) is 79.5 Å². The highest BCUT2D eigenvalue weighted by Gasteiger charge is 2.47. The summed E-state index contributed by atoms with van der Waals surface area (Å²) >= 11 is 6.14. The zero-order valence-electron chi connectivity index (χ0n) is 19.4. The Kier molecular flexibility index (Phi) is 6.30. The van der Waals surface area contributed by atoms with Gasteiger partial charge in [0.25, 0.3) is 0 Å². The molecule has 1 heterocycles. The molecular formula is C27H24ClF2N3O3. The van der Waals surface area contributed by atoms with Gasteiger partial charge < -0.3 is 20.7 Å². The van der Waals surface area contributed by atoms with Crippen molar-refractivity contribution in [2.45, 2.75) is 30.3 Å². The molecule has 6 nitrogen and oxygen atoms in total. The van der Waals surface area contributed by atoms with E-state index in [0.717, 1.165) is 41.7 Å². The first kappa shape index (κ1) is 24.1. The summed E-state index contributed by atoms with van der Waals surface area (Å²) in [5.41, 5.74) is 1.99. The van der Waals surface area contributed by atoms with Crippen LogP contribution in [0.2, 0.25) is 5.02 Å². The molecule has 1 aliphatic heterocycles. The van der Waals surface area contributed by atoms with Gasteiger partial charge in [-0.1, -0.05) is 41.9 Å². The fourth-order valence-electron chi connectivity index (χ4n) is 4.76. The van der Waals surface area contributed by atoms with E-state index >= 15 is 0 Å². The molecule has 0 bridgehead atoms. The Labute approximate surface area is 212 Å². The predicted octanol–water partition coefficient (Wildman–Crippen LogP) is 4.86. The lowest BCUT2D eigenvalue weighted by Crippen LogP contribution is -2.50. The summed E-state index contributed by atoms with van der Waals surface area (Å²) in [5, 5.41) is 8.83. The van der Waals surface area contributed by atoms with Crippen LogP contribution in [0, 0.1) is 11.6 Å². The van der Waals surface area contributed by atoms with Crippen LogP contribution in [0.15, 0.2) is 60.7 Å². The van der Waals surface area contributed by atoms with Crippen molar-refractivity contribution in [3.63, 3.8) is 0 Å². The lowest BCUT2D eigenvalue weighted by molar-refractivity contribution is -0.120. The Balaban J connectivity index is 1.34. The number of carbonyl (C=O) groups is 2. The van der Waals surface area contributed by atoms with E-state index in [4.69, 9.17) is 16.3 Å². The molecule has 3 aromatic rings. The highest BCUT2D eigenvalue weighted by atomic mass is 35.5. The van der Waals surface area contributed by atoms with Crippen molar-refractivity contribution in [2.75, 3.05) is 13.7 Å². The van der Waals surface area contributed by atoms with Crippen molar-refractivity contribution in [3.8, 4) is 16.9 Å². The molecule has 0 aromatic heterocycles. The fourth-order valence-corrected chi connectivity index (χ4v) is 4.95. The average Bonchev–Trinajstić information content (AvgIpc) is 3.56. The van der Waals surface area contributed by atoms with E-state index in [1.807, 2.05) is 42.5 Å². The van der Waals surface area contributed by atoms with Gasteiger partial charge in [-0.15, -0.1) is 0 Å². The van der Waals surface area contributed by atoms with Gasteiger partial charge in [0.15, 0.2) is 0 Å². The monoisotopic (exact) mass is 511 g/mol. The van der Waals surface area contributed by atoms with Gasteiger partial charge in [-0.3, -0.25) is 4.79 Å². The molecule has 2 aliphatic rings. The number of ether oxygens (including phenoxy) is 1. The van der Waals surface area contributed by atoms with Crippen molar-refractivity contribution in [3.05, 3.63) is 88.4 Å². The molecule has 2 atom stereocenters. The predicted molar refractivity (Wildman–Crippen MR) is 132 cm³/mol. The minimum Gasteiger partial charge on any atom is -0.497 e. The average molecular weight is 512 g/mol. The molecule has 9 heteroatoms. The van der Waals surface area contributed by atoms with Crippen LogP contribution in [0.4, 0.5) is 13.6 Å². The van der Waals surface area contributed by atoms with E-state index in [-0.39, 0.29) is 17.9 Å². The standard InChI is InChI=1S/C27H24ClF2N3O3/c1-36-19-12-21(29)23(22(30)13-19)20-14-31-25(34)24(20)32-26(35)33-27(8-9-27)17-6-2-4-15(10-17)16-5-3-7-18(28)11-16/h2-7,10-13,20,24H,8-9,14H2,1H3,(H,31,34)(H2,32,33,35)/t20-,24-/m0/s1. The Morgan fingerprint density at radius 3 is 2.36 bits per heavy atom. The summed E-state index contributed by atoms with van der Waals surface area (Å²) in [6, 6.07) is 15.8. The Bertz CT molecular complexity index is 1320. The van der Waals surface area contributed by atoms with Crippen LogP contribution in [-0.4, -0.2) is 31.6 Å². The largest absolute Gasteiger partial charge is 0.497 e. The summed E-state index contributed by atoms with van der Waals surface area (Å²) in [7, 11) is 1.31. The fraction of sp³-hybridized carbons (Fsp3) is 0.259. The van der Waals surface area contributed by atoms with Crippen LogP contribution in [0.3, 0.4) is 0 Å². The molecule has 1 aliphatic carbocycles. The summed E-state index contributed by atoms with van der Waals surface area (Å²) in [5.74, 6) is -3.05. The van der Waals surface area contributed by atoms with Gasteiger partial charge in [0.05, 0.1) is 12.6 Å². The van der Waals surface area contributed by atoms with Crippen molar-refractivity contribution < 1.29 is 23.1 Å². The molecule has 3 amide bonds. The molecule has 36 heavy (non-hydrogen) atoms. The smallest absolute Gasteiger partial charge is 0.316 e. The summed E-state index contributed by atoms with van der Waals surface area (Å²) in [4.78, 5) is 25.5. The molecule has 1 saturated heterocycles. The first-order chi connectivity index (χ1) is 17.3. The van der Waals surface area contributed by atoms with Crippen molar-refractivity contribution in [1.29, 1.82) is 0 Å². The zero-order chi connectivity index (χ0) is 25.4. The van der Waals surface area contributed by atoms with Crippen molar-refractivity contribution >= 4 is 23.5 Å². The third-order valence-electron chi connectivity index (χ3n) is 6.80. The van der Waals surface area contributed by atoms with Crippen LogP contribution >= 0.6 is 11.6 Å². The third-order valence-corrected chi connectivity index (χ3v) is 7.04. The number of methoxy groups -OCH3 is 1. The number of nitrogens with one attached hydrogen (secondary N) is 3. The van der Waals surface area contributed by atoms with E-state index in [9.17, 15) is 18.4 Å². The highest BCUT2D eigenvalue weighted by Crippen LogP contribution is 2.46. The molecule has 0 unspecified atom stereocenters. The molecular weight excluding hydrogens is 488 g/mol. The van der Waals surface area contributed by atoms with E-state index in [1.54, 1.807) is 6.07 Å². The van der Waals surface area contributed by atoms with Crippen molar-refractivity contribution in [1.82, 2.24) is 16.0 Å². The van der Waals surface area contributed by atoms with E-state index in [0.29, 0.717) is 5.02 Å². The maximum atomic E-state index is 14.7. The SMILES string of the molecule is COc1cc(F)c([C@@H]2CNC(=O)[C@H]2NC(=O)NC2(c3cccc(-c4cccc(Cl)c4)c3)CC2)c(F)c1. The normalized spacial score (nSPS) is 19.9. The van der Waals surface area contributed by atoms with Gasteiger partial charge in [-0.25, -0.2) is 13.6 Å². The number of amides is 3. The second kappa shape index (κ2) is 9.43. The summed E-state index contributed by atoms with van der Waals surface area (Å²) in [6.07, 6.45) is 1.45. The first-order valence-corrected chi connectivity index (χ1v) is 11.9. The summed E-state index contributed by atoms with van der Waals surface area (Å²) in [6.45, 7) is -0.00320. The molecule has 3 N–H and O–H groups in total. The first-order valence-electron chi connectivity index (χ1n) is 11.6. The second-order valence-electron chi connectivity index (χ2n) is 9.11. The van der Waals surface area contributed by atoms with Crippen LogP contribution < -0.4 is 20.7 Å². The molecule has 0 spiro atoms. The Morgan fingerprint density at radius 2 is 1.72 bits per heavy atom. The van der Waals surface area contributed by atoms with Gasteiger partial charge in [0, 0.05) is 35.2 Å². The number of benzene rings is 3. The highest BCUT2D eigenvalue weighted by molar-refractivity contribution is 6.30. The van der Waals surface area contributed by atoms with Crippen molar-refractivity contribution in [2.24, 2.45) is 0 Å². The van der Waals surface area contributed by atoms with E-state index in [1.165, 1.54) is 7.11 Å². The maximum absolute atomic E-state index is 14.7.